The summed E-state index contributed by atoms with van der Waals surface area (Å²) in [6.45, 7) is 2.96. The molecule has 134 valence electrons. The van der Waals surface area contributed by atoms with Crippen molar-refractivity contribution in [3.8, 4) is 5.75 Å². The number of benzene rings is 1. The van der Waals surface area contributed by atoms with Crippen LogP contribution in [0.4, 0.5) is 4.39 Å². The molecule has 0 bridgehead atoms. The van der Waals surface area contributed by atoms with E-state index in [-0.39, 0.29) is 11.9 Å². The number of ether oxygens (including phenoxy) is 1. The molecule has 4 atom stereocenters. The maximum atomic E-state index is 13.0. The number of thiophene rings is 1. The number of aliphatic hydroxyl groups is 1. The van der Waals surface area contributed by atoms with Crippen molar-refractivity contribution >= 4 is 22.9 Å². The van der Waals surface area contributed by atoms with Gasteiger partial charge in [0.25, 0.3) is 0 Å². The van der Waals surface area contributed by atoms with Gasteiger partial charge in [0, 0.05) is 24.5 Å². The molecule has 0 spiro atoms. The number of nitrogens with zero attached hydrogens (tertiary/aromatic N) is 1. The van der Waals surface area contributed by atoms with Crippen LogP contribution in [0, 0.1) is 17.7 Å². The predicted octanol–water partition coefficient (Wildman–Crippen LogP) is 4.19. The second-order valence-electron chi connectivity index (χ2n) is 7.07. The fraction of sp³-hybridized carbons (Fsp3) is 0.474. The van der Waals surface area contributed by atoms with E-state index in [9.17, 15) is 9.50 Å². The third-order valence-electron chi connectivity index (χ3n) is 5.27. The maximum absolute atomic E-state index is 13.0. The van der Waals surface area contributed by atoms with Gasteiger partial charge in [0.1, 0.15) is 17.7 Å². The van der Waals surface area contributed by atoms with Gasteiger partial charge in [0.15, 0.2) is 0 Å². The molecular formula is C19H21ClFNO2S. The monoisotopic (exact) mass is 381 g/mol. The third kappa shape index (κ3) is 4.00. The topological polar surface area (TPSA) is 32.7 Å². The van der Waals surface area contributed by atoms with E-state index in [1.54, 1.807) is 23.5 Å². The molecule has 1 saturated carbocycles. The van der Waals surface area contributed by atoms with Crippen LogP contribution in [-0.2, 0) is 6.54 Å². The van der Waals surface area contributed by atoms with E-state index in [0.717, 1.165) is 36.8 Å². The number of fused-ring (bicyclic) bond motifs is 1. The van der Waals surface area contributed by atoms with E-state index in [2.05, 4.69) is 11.0 Å². The molecule has 2 fully saturated rings. The summed E-state index contributed by atoms with van der Waals surface area (Å²) in [7, 11) is 0. The molecule has 1 saturated heterocycles. The minimum atomic E-state index is -0.470. The molecule has 6 heteroatoms. The van der Waals surface area contributed by atoms with Crippen molar-refractivity contribution in [2.45, 2.75) is 31.6 Å². The average molecular weight is 382 g/mol. The summed E-state index contributed by atoms with van der Waals surface area (Å²) in [4.78, 5) is 3.73. The SMILES string of the molecule is O[C@@H]1C[C@H]2CN(Cc3ccc(Cl)s3)C[C@H]2C[C@H]1Oc1ccc(F)cc1. The van der Waals surface area contributed by atoms with E-state index in [1.165, 1.54) is 17.0 Å². The van der Waals surface area contributed by atoms with E-state index in [0.29, 0.717) is 17.6 Å². The molecule has 4 rings (SSSR count). The summed E-state index contributed by atoms with van der Waals surface area (Å²) >= 11 is 7.65. The van der Waals surface area contributed by atoms with Crippen molar-refractivity contribution in [1.82, 2.24) is 4.90 Å². The molecule has 1 aromatic carbocycles. The fourth-order valence-electron chi connectivity index (χ4n) is 4.09. The minimum Gasteiger partial charge on any atom is -0.488 e. The van der Waals surface area contributed by atoms with Crippen molar-refractivity contribution in [3.63, 3.8) is 0 Å². The van der Waals surface area contributed by atoms with Gasteiger partial charge >= 0.3 is 0 Å². The number of hydrogen-bond acceptors (Lipinski definition) is 4. The molecule has 3 nitrogen and oxygen atoms in total. The summed E-state index contributed by atoms with van der Waals surface area (Å²) in [5.74, 6) is 1.38. The van der Waals surface area contributed by atoms with E-state index < -0.39 is 6.10 Å². The summed E-state index contributed by atoms with van der Waals surface area (Å²) < 4.78 is 19.8. The first-order valence-corrected chi connectivity index (χ1v) is 9.83. The molecule has 2 aliphatic rings. The Hall–Kier alpha value is -1.14. The summed E-state index contributed by atoms with van der Waals surface area (Å²) in [6, 6.07) is 10.0. The van der Waals surface area contributed by atoms with Crippen molar-refractivity contribution in [1.29, 1.82) is 0 Å². The van der Waals surface area contributed by atoms with Gasteiger partial charge in [-0.3, -0.25) is 4.90 Å². The molecule has 0 unspecified atom stereocenters. The number of hydrogen-bond donors (Lipinski definition) is 1. The average Bonchev–Trinajstić information content (AvgIpc) is 3.15. The predicted molar refractivity (Wildman–Crippen MR) is 97.6 cm³/mol. The Morgan fingerprint density at radius 3 is 2.52 bits per heavy atom. The molecule has 2 aromatic rings. The maximum Gasteiger partial charge on any atom is 0.125 e. The van der Waals surface area contributed by atoms with Crippen LogP contribution in [0.5, 0.6) is 5.75 Å². The smallest absolute Gasteiger partial charge is 0.125 e. The Morgan fingerprint density at radius 1 is 1.12 bits per heavy atom. The number of likely N-dealkylation sites (tertiary alicyclic amines) is 1. The van der Waals surface area contributed by atoms with Crippen molar-refractivity contribution in [2.24, 2.45) is 11.8 Å². The molecule has 1 aromatic heterocycles. The lowest BCUT2D eigenvalue weighted by Gasteiger charge is -2.35. The summed E-state index contributed by atoms with van der Waals surface area (Å²) in [5.41, 5.74) is 0. The second-order valence-corrected chi connectivity index (χ2v) is 8.87. The first kappa shape index (κ1) is 17.3. The number of rotatable bonds is 4. The highest BCUT2D eigenvalue weighted by molar-refractivity contribution is 7.16. The van der Waals surface area contributed by atoms with Gasteiger partial charge in [-0.15, -0.1) is 11.3 Å². The van der Waals surface area contributed by atoms with Crippen molar-refractivity contribution < 1.29 is 14.2 Å². The lowest BCUT2D eigenvalue weighted by Crippen LogP contribution is -2.42. The van der Waals surface area contributed by atoms with Crippen LogP contribution < -0.4 is 4.74 Å². The quantitative estimate of drug-likeness (QED) is 0.861. The van der Waals surface area contributed by atoms with Crippen molar-refractivity contribution in [3.05, 3.63) is 51.4 Å². The first-order valence-electron chi connectivity index (χ1n) is 8.63. The molecule has 1 aliphatic carbocycles. The highest BCUT2D eigenvalue weighted by Gasteiger charge is 2.42. The zero-order valence-electron chi connectivity index (χ0n) is 13.8. The number of aliphatic hydroxyl groups excluding tert-OH is 1. The number of halogens is 2. The van der Waals surface area contributed by atoms with Crippen molar-refractivity contribution in [2.75, 3.05) is 13.1 Å². The van der Waals surface area contributed by atoms with Gasteiger partial charge in [0.2, 0.25) is 0 Å². The van der Waals surface area contributed by atoms with Crippen LogP contribution in [0.15, 0.2) is 36.4 Å². The normalized spacial score (nSPS) is 29.6. The molecule has 25 heavy (non-hydrogen) atoms. The molecule has 1 aliphatic heterocycles. The zero-order chi connectivity index (χ0) is 17.4. The first-order chi connectivity index (χ1) is 12.1. The molecule has 1 N–H and O–H groups in total. The van der Waals surface area contributed by atoms with Crippen LogP contribution in [-0.4, -0.2) is 35.3 Å². The molecule has 0 amide bonds. The Morgan fingerprint density at radius 2 is 1.84 bits per heavy atom. The lowest BCUT2D eigenvalue weighted by atomic mass is 9.78. The van der Waals surface area contributed by atoms with Crippen LogP contribution >= 0.6 is 22.9 Å². The summed E-state index contributed by atoms with van der Waals surface area (Å²) in [6.07, 6.45) is 0.911. The van der Waals surface area contributed by atoms with Crippen LogP contribution in [0.1, 0.15) is 17.7 Å². The van der Waals surface area contributed by atoms with Gasteiger partial charge in [-0.2, -0.15) is 0 Å². The molecular weight excluding hydrogens is 361 g/mol. The Balaban J connectivity index is 1.37. The minimum absolute atomic E-state index is 0.220. The highest BCUT2D eigenvalue weighted by Crippen LogP contribution is 2.39. The molecule has 0 radical (unpaired) electrons. The van der Waals surface area contributed by atoms with E-state index in [4.69, 9.17) is 16.3 Å². The van der Waals surface area contributed by atoms with Crippen LogP contribution in [0.25, 0.3) is 0 Å². The van der Waals surface area contributed by atoms with Gasteiger partial charge in [-0.1, -0.05) is 11.6 Å². The Bertz CT molecular complexity index is 722. The van der Waals surface area contributed by atoms with E-state index in [1.807, 2.05) is 6.07 Å². The Labute approximate surface area is 156 Å². The lowest BCUT2D eigenvalue weighted by molar-refractivity contribution is -0.0231. The zero-order valence-corrected chi connectivity index (χ0v) is 15.3. The Kier molecular flexibility index (Phi) is 5.00. The van der Waals surface area contributed by atoms with Crippen LogP contribution in [0.2, 0.25) is 4.34 Å². The standard InChI is InChI=1S/C19H21ClFNO2S/c20-19-6-5-16(25-19)11-22-9-12-7-17(23)18(8-13(12)10-22)24-15-3-1-14(21)2-4-15/h1-6,12-13,17-18,23H,7-11H2/t12-,13+,17+,18+/m0/s1. The molecule has 2 heterocycles. The van der Waals surface area contributed by atoms with E-state index >= 15 is 0 Å². The van der Waals surface area contributed by atoms with Gasteiger partial charge in [-0.05, 0) is 61.1 Å². The van der Waals surface area contributed by atoms with Gasteiger partial charge in [-0.25, -0.2) is 4.39 Å². The summed E-state index contributed by atoms with van der Waals surface area (Å²) in [5, 5.41) is 10.5. The van der Waals surface area contributed by atoms with Crippen LogP contribution in [0.3, 0.4) is 0 Å². The highest BCUT2D eigenvalue weighted by atomic mass is 35.5. The largest absolute Gasteiger partial charge is 0.488 e. The third-order valence-corrected chi connectivity index (χ3v) is 6.49. The fourth-order valence-corrected chi connectivity index (χ4v) is 5.22. The van der Waals surface area contributed by atoms with Gasteiger partial charge < -0.3 is 9.84 Å². The van der Waals surface area contributed by atoms with Gasteiger partial charge in [0.05, 0.1) is 10.4 Å². The second kappa shape index (κ2) is 7.23.